The molecule has 1 aromatic carbocycles. The molecule has 0 spiro atoms. The first-order valence-electron chi connectivity index (χ1n) is 6.36. The van der Waals surface area contributed by atoms with Gasteiger partial charge in [-0.3, -0.25) is 15.1 Å². The molecule has 0 aliphatic heterocycles. The molecular formula is C14H9F5N2O3. The predicted molar refractivity (Wildman–Crippen MR) is 71.3 cm³/mol. The van der Waals surface area contributed by atoms with Gasteiger partial charge in [0.2, 0.25) is 5.60 Å². The van der Waals surface area contributed by atoms with Crippen molar-refractivity contribution in [3.63, 3.8) is 0 Å². The quantitative estimate of drug-likeness (QED) is 0.522. The van der Waals surface area contributed by atoms with Gasteiger partial charge in [-0.05, 0) is 18.2 Å². The molecule has 24 heavy (non-hydrogen) atoms. The second-order valence-corrected chi connectivity index (χ2v) is 4.77. The normalized spacial score (nSPS) is 14.9. The topological polar surface area (TPSA) is 76.3 Å². The molecule has 0 radical (unpaired) electrons. The Labute approximate surface area is 131 Å². The number of nitro benzene ring substituents is 1. The first-order valence-corrected chi connectivity index (χ1v) is 6.36. The van der Waals surface area contributed by atoms with E-state index < -0.39 is 39.6 Å². The van der Waals surface area contributed by atoms with Crippen LogP contribution in [-0.4, -0.2) is 27.1 Å². The fraction of sp³-hybridized carbons (Fsp3) is 0.214. The summed E-state index contributed by atoms with van der Waals surface area (Å²) in [4.78, 5) is 13.2. The summed E-state index contributed by atoms with van der Waals surface area (Å²) in [7, 11) is 0. The van der Waals surface area contributed by atoms with Gasteiger partial charge in [0.05, 0.1) is 16.2 Å². The SMILES string of the molecule is O=[N+]([O-])c1ccccc1C(O)(c1ccccn1)C(F)(F)C(F)(F)F. The molecule has 0 aliphatic carbocycles. The van der Waals surface area contributed by atoms with Crippen LogP contribution < -0.4 is 0 Å². The van der Waals surface area contributed by atoms with Crippen LogP contribution in [0.3, 0.4) is 0 Å². The van der Waals surface area contributed by atoms with E-state index in [9.17, 15) is 37.2 Å². The minimum absolute atomic E-state index is 0.631. The summed E-state index contributed by atoms with van der Waals surface area (Å²) in [6.07, 6.45) is -5.29. The van der Waals surface area contributed by atoms with Gasteiger partial charge in [-0.25, -0.2) is 0 Å². The van der Waals surface area contributed by atoms with Crippen molar-refractivity contribution in [1.82, 2.24) is 4.98 Å². The highest BCUT2D eigenvalue weighted by Gasteiger charge is 2.73. The number of aromatic nitrogens is 1. The Hall–Kier alpha value is -2.62. The summed E-state index contributed by atoms with van der Waals surface area (Å²) >= 11 is 0. The summed E-state index contributed by atoms with van der Waals surface area (Å²) in [6.45, 7) is 0. The van der Waals surface area contributed by atoms with Crippen LogP contribution in [0.2, 0.25) is 0 Å². The molecule has 5 nitrogen and oxygen atoms in total. The molecule has 2 aromatic rings. The third-order valence-electron chi connectivity index (χ3n) is 3.34. The lowest BCUT2D eigenvalue weighted by Gasteiger charge is -2.36. The van der Waals surface area contributed by atoms with Crippen LogP contribution in [0.25, 0.3) is 0 Å². The number of rotatable bonds is 4. The molecule has 1 aromatic heterocycles. The third kappa shape index (κ3) is 2.58. The molecule has 0 fully saturated rings. The fourth-order valence-corrected chi connectivity index (χ4v) is 2.19. The summed E-state index contributed by atoms with van der Waals surface area (Å²) in [6, 6.07) is 6.47. The Morgan fingerprint density at radius 1 is 1.00 bits per heavy atom. The van der Waals surface area contributed by atoms with E-state index in [1.165, 1.54) is 6.07 Å². The number of para-hydroxylation sites is 1. The van der Waals surface area contributed by atoms with E-state index in [0.717, 1.165) is 36.5 Å². The molecule has 128 valence electrons. The lowest BCUT2D eigenvalue weighted by Crippen LogP contribution is -2.56. The summed E-state index contributed by atoms with van der Waals surface area (Å²) < 4.78 is 67.1. The maximum Gasteiger partial charge on any atom is 0.457 e. The van der Waals surface area contributed by atoms with Gasteiger partial charge >= 0.3 is 12.1 Å². The molecule has 0 aliphatic rings. The van der Waals surface area contributed by atoms with E-state index in [0.29, 0.717) is 6.07 Å². The molecule has 0 saturated carbocycles. The first-order chi connectivity index (χ1) is 11.0. The van der Waals surface area contributed by atoms with E-state index >= 15 is 0 Å². The zero-order valence-corrected chi connectivity index (χ0v) is 11.7. The Morgan fingerprint density at radius 3 is 2.08 bits per heavy atom. The second-order valence-electron chi connectivity index (χ2n) is 4.77. The minimum atomic E-state index is -6.18. The lowest BCUT2D eigenvalue weighted by molar-refractivity contribution is -0.389. The highest BCUT2D eigenvalue weighted by atomic mass is 19.4. The van der Waals surface area contributed by atoms with Crippen molar-refractivity contribution >= 4 is 5.69 Å². The monoisotopic (exact) mass is 348 g/mol. The molecule has 0 bridgehead atoms. The number of halogens is 5. The van der Waals surface area contributed by atoms with Crippen LogP contribution >= 0.6 is 0 Å². The van der Waals surface area contributed by atoms with Crippen LogP contribution in [0.4, 0.5) is 27.6 Å². The summed E-state index contributed by atoms with van der Waals surface area (Å²) in [5.74, 6) is -5.74. The van der Waals surface area contributed by atoms with Crippen molar-refractivity contribution in [1.29, 1.82) is 0 Å². The molecule has 1 atom stereocenters. The number of hydrogen-bond acceptors (Lipinski definition) is 4. The first kappa shape index (κ1) is 17.7. The maximum atomic E-state index is 14.2. The molecule has 0 amide bonds. The Bertz CT molecular complexity index is 752. The highest BCUT2D eigenvalue weighted by Crippen LogP contribution is 2.52. The molecule has 2 rings (SSSR count). The van der Waals surface area contributed by atoms with Crippen molar-refractivity contribution in [2.45, 2.75) is 17.7 Å². The molecule has 10 heteroatoms. The zero-order valence-electron chi connectivity index (χ0n) is 11.7. The predicted octanol–water partition coefficient (Wildman–Crippen LogP) is 3.42. The van der Waals surface area contributed by atoms with Gasteiger partial charge < -0.3 is 5.11 Å². The second kappa shape index (κ2) is 5.78. The van der Waals surface area contributed by atoms with Crippen molar-refractivity contribution in [3.05, 3.63) is 70.0 Å². The lowest BCUT2D eigenvalue weighted by atomic mass is 9.82. The van der Waals surface area contributed by atoms with Crippen molar-refractivity contribution < 1.29 is 32.0 Å². The van der Waals surface area contributed by atoms with Crippen LogP contribution in [-0.2, 0) is 5.60 Å². The van der Waals surface area contributed by atoms with Gasteiger partial charge in [-0.2, -0.15) is 22.0 Å². The number of pyridine rings is 1. The standard InChI is InChI=1S/C14H9F5N2O3/c15-13(16,14(17,18)19)12(22,11-7-3-4-8-20-11)9-5-1-2-6-10(9)21(23)24/h1-8,22H. The maximum absolute atomic E-state index is 14.2. The van der Waals surface area contributed by atoms with Gasteiger partial charge in [-0.1, -0.05) is 18.2 Å². The number of nitrogens with zero attached hydrogens (tertiary/aromatic N) is 2. The highest BCUT2D eigenvalue weighted by molar-refractivity contribution is 5.49. The van der Waals surface area contributed by atoms with Crippen LogP contribution in [0.1, 0.15) is 11.3 Å². The van der Waals surface area contributed by atoms with Gasteiger partial charge in [0, 0.05) is 12.3 Å². The van der Waals surface area contributed by atoms with E-state index in [-0.39, 0.29) is 0 Å². The van der Waals surface area contributed by atoms with Crippen molar-refractivity contribution in [3.8, 4) is 0 Å². The molecule has 1 N–H and O–H groups in total. The smallest absolute Gasteiger partial charge is 0.373 e. The number of alkyl halides is 5. The Morgan fingerprint density at radius 2 is 1.58 bits per heavy atom. The van der Waals surface area contributed by atoms with Crippen LogP contribution in [0, 0.1) is 10.1 Å². The molecule has 0 saturated heterocycles. The van der Waals surface area contributed by atoms with E-state index in [2.05, 4.69) is 4.98 Å². The van der Waals surface area contributed by atoms with Crippen molar-refractivity contribution in [2.24, 2.45) is 0 Å². The molecular weight excluding hydrogens is 339 g/mol. The third-order valence-corrected chi connectivity index (χ3v) is 3.34. The van der Waals surface area contributed by atoms with Crippen LogP contribution in [0.5, 0.6) is 0 Å². The fourth-order valence-electron chi connectivity index (χ4n) is 2.19. The number of benzene rings is 1. The van der Waals surface area contributed by atoms with E-state index in [1.807, 2.05) is 0 Å². The van der Waals surface area contributed by atoms with Gasteiger partial charge in [0.15, 0.2) is 0 Å². The Balaban J connectivity index is 2.87. The number of nitro groups is 1. The zero-order chi connectivity index (χ0) is 18.2. The van der Waals surface area contributed by atoms with Gasteiger partial charge in [0.1, 0.15) is 0 Å². The summed E-state index contributed by atoms with van der Waals surface area (Å²) in [5.41, 5.74) is -7.44. The summed E-state index contributed by atoms with van der Waals surface area (Å²) in [5, 5.41) is 21.4. The average molecular weight is 348 g/mol. The Kier molecular flexibility index (Phi) is 4.27. The number of aliphatic hydroxyl groups is 1. The molecule has 1 heterocycles. The molecule has 1 unspecified atom stereocenters. The van der Waals surface area contributed by atoms with Gasteiger partial charge in [0.25, 0.3) is 5.69 Å². The van der Waals surface area contributed by atoms with Crippen molar-refractivity contribution in [2.75, 3.05) is 0 Å². The van der Waals surface area contributed by atoms with Crippen LogP contribution in [0.15, 0.2) is 48.7 Å². The minimum Gasteiger partial charge on any atom is -0.373 e. The van der Waals surface area contributed by atoms with Gasteiger partial charge in [-0.15, -0.1) is 0 Å². The average Bonchev–Trinajstić information content (AvgIpc) is 2.53. The number of hydrogen-bond donors (Lipinski definition) is 1. The largest absolute Gasteiger partial charge is 0.457 e. The van der Waals surface area contributed by atoms with E-state index in [4.69, 9.17) is 0 Å². The van der Waals surface area contributed by atoms with E-state index in [1.54, 1.807) is 0 Å².